The molecule has 4 rings (SSSR count). The third kappa shape index (κ3) is 4.30. The molecule has 2 aliphatic rings. The van der Waals surface area contributed by atoms with Gasteiger partial charge in [0.25, 0.3) is 5.91 Å². The number of anilines is 3. The van der Waals surface area contributed by atoms with Crippen molar-refractivity contribution in [3.05, 3.63) is 59.3 Å². The Morgan fingerprint density at radius 1 is 1.14 bits per heavy atom. The molecule has 0 aromatic heterocycles. The molecule has 2 atom stereocenters. The number of nitrogens with zero attached hydrogens (tertiary/aromatic N) is 1. The van der Waals surface area contributed by atoms with E-state index < -0.39 is 0 Å². The van der Waals surface area contributed by atoms with E-state index in [0.29, 0.717) is 11.3 Å². The van der Waals surface area contributed by atoms with Crippen LogP contribution >= 0.6 is 0 Å². The highest BCUT2D eigenvalue weighted by Crippen LogP contribution is 2.35. The molecular weight excluding hydrogens is 360 g/mol. The molecule has 0 spiro atoms. The average Bonchev–Trinajstić information content (AvgIpc) is 2.97. The monoisotopic (exact) mass is 390 g/mol. The number of nitrogen functional groups attached to an aromatic ring is 1. The van der Waals surface area contributed by atoms with Crippen LogP contribution in [0.4, 0.5) is 17.1 Å². The SMILES string of the molecule is CC(Nc1ccc(CN2CC(C)CC(C)C2)cc1)=C1C(=O)Nc2ccc(N)cc21. The first-order valence-corrected chi connectivity index (χ1v) is 10.4. The Bertz CT molecular complexity index is 938. The van der Waals surface area contributed by atoms with E-state index in [0.717, 1.165) is 41.0 Å². The van der Waals surface area contributed by atoms with Crippen LogP contribution in [0.15, 0.2) is 48.2 Å². The zero-order chi connectivity index (χ0) is 20.5. The molecule has 0 aliphatic carbocycles. The Labute approximate surface area is 173 Å². The molecule has 2 unspecified atom stereocenters. The maximum atomic E-state index is 12.4. The lowest BCUT2D eigenvalue weighted by Crippen LogP contribution is -2.38. The van der Waals surface area contributed by atoms with E-state index in [1.165, 1.54) is 25.1 Å². The Kier molecular flexibility index (Phi) is 5.33. The van der Waals surface area contributed by atoms with Crippen molar-refractivity contribution in [3.63, 3.8) is 0 Å². The molecule has 5 nitrogen and oxygen atoms in total. The van der Waals surface area contributed by atoms with Gasteiger partial charge in [-0.1, -0.05) is 26.0 Å². The molecule has 0 radical (unpaired) electrons. The van der Waals surface area contributed by atoms with E-state index in [4.69, 9.17) is 5.73 Å². The van der Waals surface area contributed by atoms with Crippen LogP contribution in [0.1, 0.15) is 38.3 Å². The molecule has 1 saturated heterocycles. The molecule has 152 valence electrons. The van der Waals surface area contributed by atoms with Gasteiger partial charge in [-0.15, -0.1) is 0 Å². The van der Waals surface area contributed by atoms with Gasteiger partial charge in [-0.05, 0) is 61.1 Å². The van der Waals surface area contributed by atoms with Crippen LogP contribution in [0, 0.1) is 11.8 Å². The number of likely N-dealkylation sites (tertiary alicyclic amines) is 1. The summed E-state index contributed by atoms with van der Waals surface area (Å²) in [5.41, 5.74) is 12.0. The van der Waals surface area contributed by atoms with Gasteiger partial charge < -0.3 is 16.4 Å². The van der Waals surface area contributed by atoms with Gasteiger partial charge in [0, 0.05) is 48.0 Å². The van der Waals surface area contributed by atoms with Gasteiger partial charge in [0.1, 0.15) is 0 Å². The standard InChI is InChI=1S/C24H30N4O/c1-15-10-16(2)13-28(12-15)14-18-4-7-20(8-5-18)26-17(3)23-21-11-19(25)6-9-22(21)27-24(23)29/h4-9,11,15-16,26H,10,12-14,25H2,1-3H3,(H,27,29). The van der Waals surface area contributed by atoms with Crippen LogP contribution in [0.5, 0.6) is 0 Å². The zero-order valence-corrected chi connectivity index (χ0v) is 17.5. The fourth-order valence-corrected chi connectivity index (χ4v) is 4.71. The minimum Gasteiger partial charge on any atom is -0.399 e. The number of nitrogens with two attached hydrogens (primary N) is 1. The minimum absolute atomic E-state index is 0.0967. The van der Waals surface area contributed by atoms with E-state index in [2.05, 4.69) is 53.6 Å². The molecule has 0 saturated carbocycles. The number of amides is 1. The van der Waals surface area contributed by atoms with Crippen LogP contribution in [0.25, 0.3) is 5.57 Å². The van der Waals surface area contributed by atoms with Crippen molar-refractivity contribution in [2.24, 2.45) is 11.8 Å². The lowest BCUT2D eigenvalue weighted by Gasteiger charge is -2.35. The Morgan fingerprint density at radius 2 is 1.83 bits per heavy atom. The number of carbonyl (C=O) groups excluding carboxylic acids is 1. The molecule has 4 N–H and O–H groups in total. The zero-order valence-electron chi connectivity index (χ0n) is 17.5. The van der Waals surface area contributed by atoms with Crippen molar-refractivity contribution < 1.29 is 4.79 Å². The molecule has 2 heterocycles. The molecule has 1 amide bonds. The van der Waals surface area contributed by atoms with Crippen molar-refractivity contribution >= 4 is 28.5 Å². The van der Waals surface area contributed by atoms with Gasteiger partial charge in [0.05, 0.1) is 5.57 Å². The van der Waals surface area contributed by atoms with E-state index >= 15 is 0 Å². The van der Waals surface area contributed by atoms with Crippen molar-refractivity contribution in [1.82, 2.24) is 4.90 Å². The van der Waals surface area contributed by atoms with Gasteiger partial charge in [0.2, 0.25) is 0 Å². The minimum atomic E-state index is -0.0967. The fraction of sp³-hybridized carbons (Fsp3) is 0.375. The number of hydrogen-bond acceptors (Lipinski definition) is 4. The van der Waals surface area contributed by atoms with E-state index in [9.17, 15) is 4.79 Å². The Balaban J connectivity index is 1.47. The van der Waals surface area contributed by atoms with Gasteiger partial charge in [-0.25, -0.2) is 0 Å². The first-order chi connectivity index (χ1) is 13.9. The number of rotatable bonds is 4. The van der Waals surface area contributed by atoms with Crippen LogP contribution in [0.3, 0.4) is 0 Å². The van der Waals surface area contributed by atoms with Crippen molar-refractivity contribution in [2.45, 2.75) is 33.7 Å². The number of fused-ring (bicyclic) bond motifs is 1. The van der Waals surface area contributed by atoms with Gasteiger partial charge in [-0.2, -0.15) is 0 Å². The van der Waals surface area contributed by atoms with Crippen molar-refractivity contribution in [1.29, 1.82) is 0 Å². The maximum absolute atomic E-state index is 12.4. The summed E-state index contributed by atoms with van der Waals surface area (Å²) >= 11 is 0. The van der Waals surface area contributed by atoms with Gasteiger partial charge >= 0.3 is 0 Å². The van der Waals surface area contributed by atoms with Crippen LogP contribution in [0.2, 0.25) is 0 Å². The Hall–Kier alpha value is -2.79. The number of nitrogens with one attached hydrogen (secondary N) is 2. The number of carbonyl (C=O) groups is 1. The molecule has 29 heavy (non-hydrogen) atoms. The van der Waals surface area contributed by atoms with Crippen molar-refractivity contribution in [3.8, 4) is 0 Å². The molecule has 2 aromatic rings. The predicted octanol–water partition coefficient (Wildman–Crippen LogP) is 4.54. The summed E-state index contributed by atoms with van der Waals surface area (Å²) in [6, 6.07) is 14.0. The summed E-state index contributed by atoms with van der Waals surface area (Å²) < 4.78 is 0. The van der Waals surface area contributed by atoms with E-state index in [1.54, 1.807) is 6.07 Å². The van der Waals surface area contributed by atoms with Gasteiger partial charge in [-0.3, -0.25) is 9.69 Å². The predicted molar refractivity (Wildman–Crippen MR) is 120 cm³/mol. The van der Waals surface area contributed by atoms with Crippen LogP contribution < -0.4 is 16.4 Å². The maximum Gasteiger partial charge on any atom is 0.258 e. The molecule has 2 aromatic carbocycles. The molecule has 5 heteroatoms. The summed E-state index contributed by atoms with van der Waals surface area (Å²) in [7, 11) is 0. The number of piperidine rings is 1. The van der Waals surface area contributed by atoms with Crippen molar-refractivity contribution in [2.75, 3.05) is 29.5 Å². The smallest absolute Gasteiger partial charge is 0.258 e. The summed E-state index contributed by atoms with van der Waals surface area (Å²) in [5, 5.41) is 6.29. The quantitative estimate of drug-likeness (QED) is 0.529. The highest BCUT2D eigenvalue weighted by molar-refractivity contribution is 6.32. The highest BCUT2D eigenvalue weighted by atomic mass is 16.2. The third-order valence-corrected chi connectivity index (χ3v) is 5.80. The number of allylic oxidation sites excluding steroid dienone is 1. The molecular formula is C24H30N4O. The number of hydrogen-bond donors (Lipinski definition) is 3. The molecule has 0 bridgehead atoms. The second-order valence-corrected chi connectivity index (χ2v) is 8.72. The lowest BCUT2D eigenvalue weighted by molar-refractivity contribution is -0.110. The molecule has 1 fully saturated rings. The fourth-order valence-electron chi connectivity index (χ4n) is 4.71. The lowest BCUT2D eigenvalue weighted by atomic mass is 9.91. The van der Waals surface area contributed by atoms with Gasteiger partial charge in [0.15, 0.2) is 0 Å². The van der Waals surface area contributed by atoms with Crippen LogP contribution in [-0.2, 0) is 11.3 Å². The largest absolute Gasteiger partial charge is 0.399 e. The highest BCUT2D eigenvalue weighted by Gasteiger charge is 2.26. The normalized spacial score (nSPS) is 23.5. The van der Waals surface area contributed by atoms with Crippen LogP contribution in [-0.4, -0.2) is 23.9 Å². The number of benzene rings is 2. The Morgan fingerprint density at radius 3 is 2.52 bits per heavy atom. The summed E-state index contributed by atoms with van der Waals surface area (Å²) in [6.45, 7) is 9.95. The first-order valence-electron chi connectivity index (χ1n) is 10.4. The summed E-state index contributed by atoms with van der Waals surface area (Å²) in [6.07, 6.45) is 1.33. The average molecular weight is 391 g/mol. The molecule has 2 aliphatic heterocycles. The second-order valence-electron chi connectivity index (χ2n) is 8.72. The second kappa shape index (κ2) is 7.91. The topological polar surface area (TPSA) is 70.4 Å². The summed E-state index contributed by atoms with van der Waals surface area (Å²) in [4.78, 5) is 15.0. The van der Waals surface area contributed by atoms with E-state index in [-0.39, 0.29) is 5.91 Å². The third-order valence-electron chi connectivity index (χ3n) is 5.80. The van der Waals surface area contributed by atoms with E-state index in [1.807, 2.05) is 19.1 Å². The first kappa shape index (κ1) is 19.5. The summed E-state index contributed by atoms with van der Waals surface area (Å²) in [5.74, 6) is 1.44.